The first-order valence-corrected chi connectivity index (χ1v) is 5.73. The van der Waals surface area contributed by atoms with Gasteiger partial charge in [-0.05, 0) is 6.07 Å². The summed E-state index contributed by atoms with van der Waals surface area (Å²) in [5, 5.41) is 9.09. The number of aliphatic carboxylic acids is 1. The number of hydrogen-bond donors (Lipinski definition) is 1. The summed E-state index contributed by atoms with van der Waals surface area (Å²) < 4.78 is 5.10. The van der Waals surface area contributed by atoms with Crippen LogP contribution in [0.5, 0.6) is 0 Å². The first-order valence-electron chi connectivity index (χ1n) is 5.73. The molecule has 3 heterocycles. The van der Waals surface area contributed by atoms with E-state index in [0.717, 1.165) is 4.90 Å². The normalized spacial score (nSPS) is 25.8. The standard InChI is InChI=1S/C12H10N2O5/c15-10-6-1-2-13-3-7(6)11(16)14(10)9-5-19-4-8(9)12(17)18/h1-3,8-9H,4-5H2,(H,17,18). The lowest BCUT2D eigenvalue weighted by Gasteiger charge is -2.23. The summed E-state index contributed by atoms with van der Waals surface area (Å²) in [5.41, 5.74) is 0.472. The Morgan fingerprint density at radius 3 is 2.74 bits per heavy atom. The maximum absolute atomic E-state index is 12.2. The second-order valence-corrected chi connectivity index (χ2v) is 4.45. The fourth-order valence-corrected chi connectivity index (χ4v) is 2.44. The number of imide groups is 1. The number of rotatable bonds is 2. The summed E-state index contributed by atoms with van der Waals surface area (Å²) in [6.45, 7) is 0.0571. The molecule has 2 atom stereocenters. The van der Waals surface area contributed by atoms with Crippen LogP contribution < -0.4 is 0 Å². The predicted octanol–water partition coefficient (Wildman–Crippen LogP) is -0.223. The van der Waals surface area contributed by atoms with E-state index in [0.29, 0.717) is 0 Å². The number of nitrogens with zero attached hydrogens (tertiary/aromatic N) is 2. The zero-order chi connectivity index (χ0) is 13.6. The second-order valence-electron chi connectivity index (χ2n) is 4.45. The van der Waals surface area contributed by atoms with Crippen molar-refractivity contribution in [1.82, 2.24) is 9.88 Å². The number of carbonyl (C=O) groups is 3. The van der Waals surface area contributed by atoms with Gasteiger partial charge in [0.2, 0.25) is 0 Å². The Labute approximate surface area is 107 Å². The van der Waals surface area contributed by atoms with Crippen LogP contribution in [0.1, 0.15) is 20.7 Å². The van der Waals surface area contributed by atoms with Crippen LogP contribution in [-0.2, 0) is 9.53 Å². The topological polar surface area (TPSA) is 96.8 Å². The molecule has 2 unspecified atom stereocenters. The van der Waals surface area contributed by atoms with Crippen LogP contribution in [-0.4, -0.2) is 52.0 Å². The number of aromatic nitrogens is 1. The molecule has 98 valence electrons. The maximum atomic E-state index is 12.2. The Morgan fingerprint density at radius 1 is 1.32 bits per heavy atom. The minimum absolute atomic E-state index is 0.00561. The number of ether oxygens (including phenoxy) is 1. The van der Waals surface area contributed by atoms with Gasteiger partial charge in [0.05, 0.1) is 30.4 Å². The quantitative estimate of drug-likeness (QED) is 0.740. The van der Waals surface area contributed by atoms with Gasteiger partial charge in [-0.15, -0.1) is 0 Å². The molecule has 19 heavy (non-hydrogen) atoms. The summed E-state index contributed by atoms with van der Waals surface area (Å²) in [7, 11) is 0. The number of carboxylic acids is 1. The second kappa shape index (κ2) is 4.13. The van der Waals surface area contributed by atoms with E-state index in [2.05, 4.69) is 4.98 Å². The van der Waals surface area contributed by atoms with E-state index in [4.69, 9.17) is 9.84 Å². The fraction of sp³-hybridized carbons (Fsp3) is 0.333. The van der Waals surface area contributed by atoms with E-state index < -0.39 is 29.7 Å². The Balaban J connectivity index is 1.98. The molecule has 3 rings (SSSR count). The third-order valence-electron chi connectivity index (χ3n) is 3.42. The highest BCUT2D eigenvalue weighted by Gasteiger charge is 2.47. The van der Waals surface area contributed by atoms with Crippen LogP contribution in [0.25, 0.3) is 0 Å². The van der Waals surface area contributed by atoms with E-state index in [1.807, 2.05) is 0 Å². The largest absolute Gasteiger partial charge is 0.481 e. The summed E-state index contributed by atoms with van der Waals surface area (Å²) in [6, 6.07) is 0.700. The molecule has 2 aliphatic heterocycles. The number of hydrogen-bond acceptors (Lipinski definition) is 5. The Kier molecular flexibility index (Phi) is 2.56. The van der Waals surface area contributed by atoms with Crippen molar-refractivity contribution >= 4 is 17.8 Å². The van der Waals surface area contributed by atoms with Gasteiger partial charge in [-0.1, -0.05) is 0 Å². The number of carboxylic acid groups (broad SMARTS) is 1. The molecule has 0 saturated carbocycles. The van der Waals surface area contributed by atoms with Gasteiger partial charge in [0.25, 0.3) is 11.8 Å². The highest BCUT2D eigenvalue weighted by Crippen LogP contribution is 2.29. The van der Waals surface area contributed by atoms with Gasteiger partial charge in [-0.2, -0.15) is 0 Å². The van der Waals surface area contributed by atoms with Gasteiger partial charge in [0.1, 0.15) is 5.92 Å². The molecule has 1 aromatic rings. The zero-order valence-electron chi connectivity index (χ0n) is 9.78. The van der Waals surface area contributed by atoms with Crippen molar-refractivity contribution in [3.63, 3.8) is 0 Å². The molecular weight excluding hydrogens is 252 g/mol. The van der Waals surface area contributed by atoms with Crippen molar-refractivity contribution in [1.29, 1.82) is 0 Å². The van der Waals surface area contributed by atoms with Gasteiger partial charge < -0.3 is 9.84 Å². The Bertz CT molecular complexity index is 550. The molecule has 1 N–H and O–H groups in total. The van der Waals surface area contributed by atoms with Crippen molar-refractivity contribution < 1.29 is 24.2 Å². The number of carbonyl (C=O) groups excluding carboxylic acids is 2. The van der Waals surface area contributed by atoms with Crippen LogP contribution in [0.3, 0.4) is 0 Å². The number of amides is 2. The highest BCUT2D eigenvalue weighted by molar-refractivity contribution is 6.21. The average Bonchev–Trinajstić information content (AvgIpc) is 2.95. The van der Waals surface area contributed by atoms with E-state index in [1.165, 1.54) is 18.5 Å². The molecule has 2 aliphatic rings. The van der Waals surface area contributed by atoms with E-state index in [9.17, 15) is 14.4 Å². The molecule has 0 aromatic carbocycles. The van der Waals surface area contributed by atoms with Crippen molar-refractivity contribution in [2.24, 2.45) is 5.92 Å². The molecule has 0 radical (unpaired) electrons. The summed E-state index contributed by atoms with van der Waals surface area (Å²) in [4.78, 5) is 40.3. The molecule has 1 fully saturated rings. The van der Waals surface area contributed by atoms with E-state index in [1.54, 1.807) is 0 Å². The van der Waals surface area contributed by atoms with Crippen LogP contribution in [0, 0.1) is 5.92 Å². The molecule has 0 bridgehead atoms. The minimum Gasteiger partial charge on any atom is -0.481 e. The first kappa shape index (κ1) is 11.8. The van der Waals surface area contributed by atoms with Crippen molar-refractivity contribution in [3.8, 4) is 0 Å². The van der Waals surface area contributed by atoms with Crippen molar-refractivity contribution in [2.75, 3.05) is 13.2 Å². The van der Waals surface area contributed by atoms with Gasteiger partial charge in [-0.25, -0.2) is 0 Å². The average molecular weight is 262 g/mol. The molecule has 1 aromatic heterocycles. The zero-order valence-corrected chi connectivity index (χ0v) is 9.78. The predicted molar refractivity (Wildman–Crippen MR) is 60.5 cm³/mol. The third-order valence-corrected chi connectivity index (χ3v) is 3.42. The lowest BCUT2D eigenvalue weighted by molar-refractivity contribution is -0.142. The van der Waals surface area contributed by atoms with E-state index >= 15 is 0 Å². The highest BCUT2D eigenvalue weighted by atomic mass is 16.5. The van der Waals surface area contributed by atoms with Gasteiger partial charge >= 0.3 is 5.97 Å². The molecule has 1 saturated heterocycles. The van der Waals surface area contributed by atoms with E-state index in [-0.39, 0.29) is 24.3 Å². The van der Waals surface area contributed by atoms with Crippen LogP contribution in [0.4, 0.5) is 0 Å². The van der Waals surface area contributed by atoms with Gasteiger partial charge in [0.15, 0.2) is 0 Å². The molecule has 0 aliphatic carbocycles. The summed E-state index contributed by atoms with van der Waals surface area (Å²) in [6.07, 6.45) is 2.74. The fourth-order valence-electron chi connectivity index (χ4n) is 2.44. The first-order chi connectivity index (χ1) is 9.11. The van der Waals surface area contributed by atoms with Crippen molar-refractivity contribution in [2.45, 2.75) is 6.04 Å². The van der Waals surface area contributed by atoms with Crippen LogP contribution >= 0.6 is 0 Å². The number of fused-ring (bicyclic) bond motifs is 1. The maximum Gasteiger partial charge on any atom is 0.311 e. The van der Waals surface area contributed by atoms with Gasteiger partial charge in [-0.3, -0.25) is 24.3 Å². The minimum atomic E-state index is -1.07. The number of pyridine rings is 1. The van der Waals surface area contributed by atoms with Crippen LogP contribution in [0.15, 0.2) is 18.5 Å². The summed E-state index contributed by atoms with van der Waals surface area (Å²) >= 11 is 0. The smallest absolute Gasteiger partial charge is 0.311 e. The Morgan fingerprint density at radius 2 is 2.05 bits per heavy atom. The molecule has 0 spiro atoms. The lowest BCUT2D eigenvalue weighted by Crippen LogP contribution is -2.46. The molecule has 2 amide bonds. The summed E-state index contributed by atoms with van der Waals surface area (Å²) in [5.74, 6) is -2.94. The third kappa shape index (κ3) is 1.62. The van der Waals surface area contributed by atoms with Crippen molar-refractivity contribution in [3.05, 3.63) is 29.6 Å². The lowest BCUT2D eigenvalue weighted by atomic mass is 10.0. The van der Waals surface area contributed by atoms with Crippen LogP contribution in [0.2, 0.25) is 0 Å². The molecule has 7 heteroatoms. The molecular formula is C12H10N2O5. The monoisotopic (exact) mass is 262 g/mol. The Hall–Kier alpha value is -2.28. The van der Waals surface area contributed by atoms with Gasteiger partial charge in [0, 0.05) is 12.4 Å². The SMILES string of the molecule is O=C(O)C1COCC1N1C(=O)c2ccncc2C1=O. The molecule has 7 nitrogen and oxygen atoms in total.